The van der Waals surface area contributed by atoms with Crippen molar-refractivity contribution in [2.24, 2.45) is 0 Å². The molecule has 0 saturated heterocycles. The zero-order chi connectivity index (χ0) is 9.80. The lowest BCUT2D eigenvalue weighted by Crippen LogP contribution is -1.80. The van der Waals surface area contributed by atoms with E-state index in [1.165, 1.54) is 5.56 Å². The van der Waals surface area contributed by atoms with E-state index in [1.807, 2.05) is 42.5 Å². The number of hydrogen-bond acceptors (Lipinski definition) is 1. The third-order valence-corrected chi connectivity index (χ3v) is 2.15. The first-order valence-electron chi connectivity index (χ1n) is 4.51. The summed E-state index contributed by atoms with van der Waals surface area (Å²) in [6.07, 6.45) is 0.856. The zero-order valence-corrected chi connectivity index (χ0v) is 7.68. The molecule has 2 aromatic rings. The summed E-state index contributed by atoms with van der Waals surface area (Å²) in [5.74, 6) is 0. The van der Waals surface area contributed by atoms with Gasteiger partial charge in [0.2, 0.25) is 0 Å². The molecule has 0 amide bonds. The first-order chi connectivity index (χ1) is 6.90. The Hall–Kier alpha value is -1.89. The van der Waals surface area contributed by atoms with Gasteiger partial charge in [-0.2, -0.15) is 0 Å². The van der Waals surface area contributed by atoms with E-state index in [0.717, 1.165) is 11.8 Å². The van der Waals surface area contributed by atoms with Gasteiger partial charge in [-0.1, -0.05) is 62.0 Å². The van der Waals surface area contributed by atoms with Crippen LogP contribution in [-0.4, -0.2) is 6.29 Å². The van der Waals surface area contributed by atoms with E-state index >= 15 is 0 Å². The minimum Gasteiger partial charge on any atom is -0.298 e. The third-order valence-electron chi connectivity index (χ3n) is 2.15. The summed E-state index contributed by atoms with van der Waals surface area (Å²) < 4.78 is 0. The van der Waals surface area contributed by atoms with Gasteiger partial charge >= 0.3 is 0 Å². The molecule has 0 aromatic heterocycles. The van der Waals surface area contributed by atoms with Crippen molar-refractivity contribution < 1.29 is 4.79 Å². The predicted molar refractivity (Wildman–Crippen MR) is 64.0 cm³/mol. The summed E-state index contributed by atoms with van der Waals surface area (Å²) in [4.78, 5) is 10.5. The predicted octanol–water partition coefficient (Wildman–Crippen LogP) is 3.80. The standard InChI is InChI=1S/C13H10O.CH4/c14-10-11-6-8-13(9-7-11)12-4-2-1-3-5-12;/h1-10H;1H4. The summed E-state index contributed by atoms with van der Waals surface area (Å²) in [6.45, 7) is 0. The average Bonchev–Trinajstić information content (AvgIpc) is 2.30. The highest BCUT2D eigenvalue weighted by Gasteiger charge is 1.95. The minimum atomic E-state index is 0. The number of carbonyl (C=O) groups excluding carboxylic acids is 1. The van der Waals surface area contributed by atoms with Crippen molar-refractivity contribution in [1.29, 1.82) is 0 Å². The topological polar surface area (TPSA) is 17.1 Å². The molecule has 0 atom stereocenters. The van der Waals surface area contributed by atoms with Crippen LogP contribution in [0.5, 0.6) is 0 Å². The Bertz CT molecular complexity index is 415. The van der Waals surface area contributed by atoms with Crippen molar-refractivity contribution in [2.75, 3.05) is 0 Å². The molecule has 0 heterocycles. The molecule has 0 aliphatic heterocycles. The fourth-order valence-electron chi connectivity index (χ4n) is 1.38. The van der Waals surface area contributed by atoms with Crippen LogP contribution < -0.4 is 0 Å². The second-order valence-electron chi connectivity index (χ2n) is 3.11. The maximum Gasteiger partial charge on any atom is 0.150 e. The summed E-state index contributed by atoms with van der Waals surface area (Å²) in [5, 5.41) is 0. The van der Waals surface area contributed by atoms with E-state index in [1.54, 1.807) is 0 Å². The minimum absolute atomic E-state index is 0. The van der Waals surface area contributed by atoms with Crippen LogP contribution in [-0.2, 0) is 0 Å². The fourth-order valence-corrected chi connectivity index (χ4v) is 1.38. The number of rotatable bonds is 2. The molecule has 15 heavy (non-hydrogen) atoms. The van der Waals surface area contributed by atoms with Crippen LogP contribution in [0.15, 0.2) is 54.6 Å². The molecule has 1 heteroatoms. The molecule has 0 spiro atoms. The summed E-state index contributed by atoms with van der Waals surface area (Å²) in [6, 6.07) is 17.7. The summed E-state index contributed by atoms with van der Waals surface area (Å²) in [7, 11) is 0. The Labute approximate surface area is 90.4 Å². The maximum atomic E-state index is 10.5. The Balaban J connectivity index is 0.00000112. The highest BCUT2D eigenvalue weighted by atomic mass is 16.1. The van der Waals surface area contributed by atoms with E-state index in [4.69, 9.17) is 0 Å². The number of hydrogen-bond donors (Lipinski definition) is 0. The molecule has 0 saturated carbocycles. The average molecular weight is 198 g/mol. The lowest BCUT2D eigenvalue weighted by Gasteiger charge is -2.00. The molecule has 2 aromatic carbocycles. The highest BCUT2D eigenvalue weighted by molar-refractivity contribution is 5.76. The van der Waals surface area contributed by atoms with Gasteiger partial charge in [0, 0.05) is 5.56 Å². The van der Waals surface area contributed by atoms with Crippen molar-refractivity contribution in [1.82, 2.24) is 0 Å². The number of benzene rings is 2. The molecule has 0 bridgehead atoms. The molecule has 0 N–H and O–H groups in total. The molecule has 76 valence electrons. The third kappa shape index (κ3) is 2.53. The van der Waals surface area contributed by atoms with E-state index < -0.39 is 0 Å². The van der Waals surface area contributed by atoms with E-state index in [0.29, 0.717) is 5.56 Å². The van der Waals surface area contributed by atoms with Gasteiger partial charge in [0.25, 0.3) is 0 Å². The zero-order valence-electron chi connectivity index (χ0n) is 7.68. The second-order valence-corrected chi connectivity index (χ2v) is 3.11. The van der Waals surface area contributed by atoms with Crippen LogP contribution in [0.3, 0.4) is 0 Å². The Morgan fingerprint density at radius 1 is 0.733 bits per heavy atom. The van der Waals surface area contributed by atoms with Gasteiger partial charge < -0.3 is 0 Å². The molecule has 2 rings (SSSR count). The van der Waals surface area contributed by atoms with Gasteiger partial charge in [0.05, 0.1) is 0 Å². The van der Waals surface area contributed by atoms with E-state index in [2.05, 4.69) is 12.1 Å². The highest BCUT2D eigenvalue weighted by Crippen LogP contribution is 2.18. The number of carbonyl (C=O) groups is 1. The van der Waals surface area contributed by atoms with Crippen molar-refractivity contribution in [3.63, 3.8) is 0 Å². The van der Waals surface area contributed by atoms with E-state index in [-0.39, 0.29) is 7.43 Å². The first-order valence-corrected chi connectivity index (χ1v) is 4.51. The lowest BCUT2D eigenvalue weighted by molar-refractivity contribution is 0.112. The van der Waals surface area contributed by atoms with Gasteiger partial charge in [-0.25, -0.2) is 0 Å². The molecule has 0 aliphatic rings. The van der Waals surface area contributed by atoms with Gasteiger partial charge in [-0.05, 0) is 11.1 Å². The summed E-state index contributed by atoms with van der Waals surface area (Å²) >= 11 is 0. The van der Waals surface area contributed by atoms with Crippen molar-refractivity contribution in [2.45, 2.75) is 7.43 Å². The van der Waals surface area contributed by atoms with Crippen LogP contribution in [0.25, 0.3) is 11.1 Å². The first kappa shape index (κ1) is 11.2. The number of aldehydes is 1. The largest absolute Gasteiger partial charge is 0.298 e. The molecule has 0 fully saturated rings. The van der Waals surface area contributed by atoms with Gasteiger partial charge in [-0.15, -0.1) is 0 Å². The fraction of sp³-hybridized carbons (Fsp3) is 0.0714. The molecular formula is C14H14O. The van der Waals surface area contributed by atoms with Crippen LogP contribution >= 0.6 is 0 Å². The maximum absolute atomic E-state index is 10.5. The van der Waals surface area contributed by atoms with Crippen molar-refractivity contribution in [3.05, 3.63) is 60.2 Å². The smallest absolute Gasteiger partial charge is 0.150 e. The van der Waals surface area contributed by atoms with Crippen LogP contribution in [0.2, 0.25) is 0 Å². The van der Waals surface area contributed by atoms with Gasteiger partial charge in [0.1, 0.15) is 6.29 Å². The normalized spacial score (nSPS) is 9.07. The Morgan fingerprint density at radius 3 is 1.80 bits per heavy atom. The van der Waals surface area contributed by atoms with Crippen LogP contribution in [0.4, 0.5) is 0 Å². The lowest BCUT2D eigenvalue weighted by atomic mass is 10.0. The monoisotopic (exact) mass is 198 g/mol. The van der Waals surface area contributed by atoms with Gasteiger partial charge in [-0.3, -0.25) is 4.79 Å². The Morgan fingerprint density at radius 2 is 1.27 bits per heavy atom. The van der Waals surface area contributed by atoms with Crippen LogP contribution in [0.1, 0.15) is 17.8 Å². The van der Waals surface area contributed by atoms with Crippen LogP contribution in [0, 0.1) is 0 Å². The molecule has 0 aliphatic carbocycles. The second kappa shape index (κ2) is 5.11. The SMILES string of the molecule is C.O=Cc1ccc(-c2ccccc2)cc1. The van der Waals surface area contributed by atoms with Crippen molar-refractivity contribution in [3.8, 4) is 11.1 Å². The van der Waals surface area contributed by atoms with E-state index in [9.17, 15) is 4.79 Å². The Kier molecular flexibility index (Phi) is 3.81. The molecule has 0 radical (unpaired) electrons. The van der Waals surface area contributed by atoms with Crippen molar-refractivity contribution >= 4 is 6.29 Å². The van der Waals surface area contributed by atoms with Gasteiger partial charge in [0.15, 0.2) is 0 Å². The molecule has 0 unspecified atom stereocenters. The summed E-state index contributed by atoms with van der Waals surface area (Å²) in [5.41, 5.74) is 3.02. The molecule has 1 nitrogen and oxygen atoms in total. The molecular weight excluding hydrogens is 184 g/mol. The quantitative estimate of drug-likeness (QED) is 0.671.